The van der Waals surface area contributed by atoms with Crippen LogP contribution in [-0.2, 0) is 4.79 Å². The van der Waals surface area contributed by atoms with Gasteiger partial charge in [-0.2, -0.15) is 0 Å². The van der Waals surface area contributed by atoms with E-state index < -0.39 is 0 Å². The molecule has 0 aromatic rings. The number of nitrogens with one attached hydrogen (secondary N) is 1. The van der Waals surface area contributed by atoms with Gasteiger partial charge in [-0.15, -0.1) is 23.5 Å². The van der Waals surface area contributed by atoms with Crippen molar-refractivity contribution < 1.29 is 4.79 Å². The van der Waals surface area contributed by atoms with Crippen LogP contribution in [0.15, 0.2) is 0 Å². The fourth-order valence-corrected chi connectivity index (χ4v) is 3.63. The number of thioether (sulfide) groups is 2. The van der Waals surface area contributed by atoms with Crippen molar-refractivity contribution in [3.8, 4) is 0 Å². The van der Waals surface area contributed by atoms with Crippen molar-refractivity contribution in [3.05, 3.63) is 0 Å². The van der Waals surface area contributed by atoms with E-state index in [1.165, 1.54) is 6.42 Å². The highest BCUT2D eigenvalue weighted by molar-refractivity contribution is 8.18. The number of carbonyl (C=O) groups excluding carboxylic acids is 1. The normalized spacial score (nSPS) is 19.6. The van der Waals surface area contributed by atoms with Crippen molar-refractivity contribution in [1.29, 1.82) is 0 Å². The summed E-state index contributed by atoms with van der Waals surface area (Å²) in [5.41, 5.74) is 0. The molecule has 0 bridgehead atoms. The Hall–Kier alpha value is 0.170. The molecule has 0 saturated carbocycles. The van der Waals surface area contributed by atoms with Gasteiger partial charge in [-0.05, 0) is 31.8 Å². The SMILES string of the molecule is CC(C)NC(=O)C1SCCCS1. The third-order valence-corrected chi connectivity index (χ3v) is 4.37. The first kappa shape index (κ1) is 10.3. The van der Waals surface area contributed by atoms with Crippen LogP contribution in [0.25, 0.3) is 0 Å². The fraction of sp³-hybridized carbons (Fsp3) is 0.875. The molecular weight excluding hydrogens is 190 g/mol. The summed E-state index contributed by atoms with van der Waals surface area (Å²) in [5.74, 6) is 2.45. The zero-order valence-electron chi connectivity index (χ0n) is 7.50. The highest BCUT2D eigenvalue weighted by atomic mass is 32.2. The van der Waals surface area contributed by atoms with Gasteiger partial charge in [0.1, 0.15) is 4.58 Å². The van der Waals surface area contributed by atoms with E-state index in [4.69, 9.17) is 0 Å². The number of carbonyl (C=O) groups is 1. The summed E-state index contributed by atoms with van der Waals surface area (Å²) in [6.07, 6.45) is 1.24. The van der Waals surface area contributed by atoms with E-state index in [0.717, 1.165) is 11.5 Å². The number of hydrogen-bond acceptors (Lipinski definition) is 3. The molecule has 0 unspecified atom stereocenters. The first-order chi connectivity index (χ1) is 5.70. The minimum atomic E-state index is 0.140. The van der Waals surface area contributed by atoms with E-state index in [1.807, 2.05) is 13.8 Å². The Labute approximate surface area is 82.2 Å². The molecule has 0 aromatic carbocycles. The zero-order valence-corrected chi connectivity index (χ0v) is 9.13. The first-order valence-corrected chi connectivity index (χ1v) is 6.33. The average Bonchev–Trinajstić information content (AvgIpc) is 2.05. The molecule has 0 aromatic heterocycles. The lowest BCUT2D eigenvalue weighted by atomic mass is 10.4. The van der Waals surface area contributed by atoms with Gasteiger partial charge in [0, 0.05) is 6.04 Å². The van der Waals surface area contributed by atoms with E-state index in [1.54, 1.807) is 23.5 Å². The van der Waals surface area contributed by atoms with Crippen molar-refractivity contribution in [2.24, 2.45) is 0 Å². The number of hydrogen-bond donors (Lipinski definition) is 1. The van der Waals surface area contributed by atoms with Gasteiger partial charge >= 0.3 is 0 Å². The van der Waals surface area contributed by atoms with Gasteiger partial charge < -0.3 is 5.32 Å². The van der Waals surface area contributed by atoms with Crippen molar-refractivity contribution in [3.63, 3.8) is 0 Å². The van der Waals surface area contributed by atoms with E-state index in [-0.39, 0.29) is 16.5 Å². The molecule has 4 heteroatoms. The summed E-state index contributed by atoms with van der Waals surface area (Å²) in [7, 11) is 0. The highest BCUT2D eigenvalue weighted by Crippen LogP contribution is 2.30. The molecule has 70 valence electrons. The van der Waals surface area contributed by atoms with Crippen LogP contribution in [0.4, 0.5) is 0 Å². The van der Waals surface area contributed by atoms with Crippen LogP contribution in [0.3, 0.4) is 0 Å². The summed E-state index contributed by atoms with van der Waals surface area (Å²) in [6.45, 7) is 3.99. The van der Waals surface area contributed by atoms with E-state index in [9.17, 15) is 4.79 Å². The van der Waals surface area contributed by atoms with Gasteiger partial charge in [0.25, 0.3) is 0 Å². The van der Waals surface area contributed by atoms with Gasteiger partial charge in [-0.3, -0.25) is 4.79 Å². The van der Waals surface area contributed by atoms with Crippen LogP contribution in [0, 0.1) is 0 Å². The van der Waals surface area contributed by atoms with Crippen molar-refractivity contribution >= 4 is 29.4 Å². The number of rotatable bonds is 2. The third-order valence-electron chi connectivity index (χ3n) is 1.47. The topological polar surface area (TPSA) is 29.1 Å². The molecule has 1 aliphatic rings. The second-order valence-electron chi connectivity index (χ2n) is 3.09. The van der Waals surface area contributed by atoms with Crippen LogP contribution < -0.4 is 5.32 Å². The van der Waals surface area contributed by atoms with Gasteiger partial charge in [-0.1, -0.05) is 0 Å². The predicted molar refractivity (Wildman–Crippen MR) is 56.6 cm³/mol. The molecule has 0 radical (unpaired) electrons. The third kappa shape index (κ3) is 3.27. The van der Waals surface area contributed by atoms with Gasteiger partial charge in [0.2, 0.25) is 5.91 Å². The molecule has 1 heterocycles. The standard InChI is InChI=1S/C8H15NOS2/c1-6(2)9-7(10)8-11-4-3-5-12-8/h6,8H,3-5H2,1-2H3,(H,9,10). The largest absolute Gasteiger partial charge is 0.352 e. The van der Waals surface area contributed by atoms with Gasteiger partial charge in [-0.25, -0.2) is 0 Å². The monoisotopic (exact) mass is 205 g/mol. The van der Waals surface area contributed by atoms with Gasteiger partial charge in [0.05, 0.1) is 0 Å². The molecule has 1 fully saturated rings. The van der Waals surface area contributed by atoms with Crippen LogP contribution in [0.1, 0.15) is 20.3 Å². The molecule has 0 aliphatic carbocycles. The lowest BCUT2D eigenvalue weighted by molar-refractivity contribution is -0.119. The van der Waals surface area contributed by atoms with E-state index in [0.29, 0.717) is 0 Å². The second-order valence-corrected chi connectivity index (χ2v) is 5.81. The van der Waals surface area contributed by atoms with Crippen LogP contribution in [-0.4, -0.2) is 28.0 Å². The quantitative estimate of drug-likeness (QED) is 0.744. The van der Waals surface area contributed by atoms with Crippen LogP contribution >= 0.6 is 23.5 Å². The molecule has 0 spiro atoms. The van der Waals surface area contributed by atoms with Crippen molar-refractivity contribution in [2.75, 3.05) is 11.5 Å². The summed E-state index contributed by atoms with van der Waals surface area (Å²) in [5, 5.41) is 2.93. The predicted octanol–water partition coefficient (Wildman–Crippen LogP) is 1.71. The van der Waals surface area contributed by atoms with Crippen LogP contribution in [0.2, 0.25) is 0 Å². The molecule has 12 heavy (non-hydrogen) atoms. The molecule has 2 nitrogen and oxygen atoms in total. The maximum absolute atomic E-state index is 11.5. The first-order valence-electron chi connectivity index (χ1n) is 4.23. The Morgan fingerprint density at radius 3 is 2.50 bits per heavy atom. The second kappa shape index (κ2) is 5.02. The summed E-state index contributed by atoms with van der Waals surface area (Å²) in [4.78, 5) is 11.5. The Kier molecular flexibility index (Phi) is 4.29. The average molecular weight is 205 g/mol. The Balaban J connectivity index is 2.30. The van der Waals surface area contributed by atoms with E-state index >= 15 is 0 Å². The molecule has 1 aliphatic heterocycles. The minimum Gasteiger partial charge on any atom is -0.352 e. The van der Waals surface area contributed by atoms with Crippen LogP contribution in [0.5, 0.6) is 0 Å². The lowest BCUT2D eigenvalue weighted by Gasteiger charge is -2.21. The van der Waals surface area contributed by atoms with Crippen molar-refractivity contribution in [1.82, 2.24) is 5.32 Å². The highest BCUT2D eigenvalue weighted by Gasteiger charge is 2.22. The summed E-state index contributed by atoms with van der Waals surface area (Å²) < 4.78 is 0.140. The summed E-state index contributed by atoms with van der Waals surface area (Å²) >= 11 is 3.53. The zero-order chi connectivity index (χ0) is 8.97. The molecule has 1 amide bonds. The molecule has 1 rings (SSSR count). The molecule has 1 N–H and O–H groups in total. The van der Waals surface area contributed by atoms with Crippen molar-refractivity contribution in [2.45, 2.75) is 30.9 Å². The lowest BCUT2D eigenvalue weighted by Crippen LogP contribution is -2.36. The maximum atomic E-state index is 11.5. The molecular formula is C8H15NOS2. The molecule has 1 saturated heterocycles. The Bertz CT molecular complexity index is 155. The fourth-order valence-electron chi connectivity index (χ4n) is 0.992. The minimum absolute atomic E-state index is 0.140. The Morgan fingerprint density at radius 2 is 2.00 bits per heavy atom. The number of amides is 1. The van der Waals surface area contributed by atoms with Gasteiger partial charge in [0.15, 0.2) is 0 Å². The summed E-state index contributed by atoms with van der Waals surface area (Å²) in [6, 6.07) is 0.264. The van der Waals surface area contributed by atoms with E-state index in [2.05, 4.69) is 5.32 Å². The maximum Gasteiger partial charge on any atom is 0.243 e. The smallest absolute Gasteiger partial charge is 0.243 e. The molecule has 0 atom stereocenters. The Morgan fingerprint density at radius 1 is 1.42 bits per heavy atom.